The number of aryl methyl sites for hydroxylation is 1. The van der Waals surface area contributed by atoms with E-state index in [1.54, 1.807) is 31.2 Å². The van der Waals surface area contributed by atoms with Crippen LogP contribution in [0.3, 0.4) is 0 Å². The van der Waals surface area contributed by atoms with Crippen LogP contribution >= 0.6 is 11.3 Å². The molecule has 15 nitrogen and oxygen atoms in total. The van der Waals surface area contributed by atoms with E-state index in [-0.39, 0.29) is 56.6 Å². The van der Waals surface area contributed by atoms with Crippen LogP contribution in [0.15, 0.2) is 157 Å². The van der Waals surface area contributed by atoms with Crippen molar-refractivity contribution in [1.29, 1.82) is 0 Å². The number of para-hydroxylation sites is 1. The van der Waals surface area contributed by atoms with E-state index in [1.807, 2.05) is 153 Å². The molecule has 1 fully saturated rings. The number of thiazole rings is 1. The van der Waals surface area contributed by atoms with Gasteiger partial charge in [0.2, 0.25) is 17.7 Å². The van der Waals surface area contributed by atoms with Gasteiger partial charge in [-0.15, -0.1) is 11.3 Å². The highest BCUT2D eigenvalue weighted by Crippen LogP contribution is 2.45. The number of halogens is 7. The van der Waals surface area contributed by atoms with Gasteiger partial charge in [-0.2, -0.15) is 0 Å². The molecule has 2 aliphatic rings. The number of fused-ring (bicyclic) bond motifs is 3. The molecule has 2 aromatic heterocycles. The Kier molecular flexibility index (Phi) is 25.0. The van der Waals surface area contributed by atoms with E-state index in [4.69, 9.17) is 24.1 Å². The van der Waals surface area contributed by atoms with E-state index in [2.05, 4.69) is 20.6 Å². The summed E-state index contributed by atoms with van der Waals surface area (Å²) in [7, 11) is 0. The number of hydrogen-bond acceptors (Lipinski definition) is 12. The number of carbonyl (C=O) groups is 3. The number of aromatic amines is 1. The van der Waals surface area contributed by atoms with Gasteiger partial charge in [-0.25, -0.2) is 35.7 Å². The van der Waals surface area contributed by atoms with Crippen LogP contribution in [-0.4, -0.2) is 149 Å². The van der Waals surface area contributed by atoms with E-state index in [0.29, 0.717) is 31.4 Å². The molecule has 99 heavy (non-hydrogen) atoms. The van der Waals surface area contributed by atoms with Gasteiger partial charge in [-0.1, -0.05) is 154 Å². The van der Waals surface area contributed by atoms with Gasteiger partial charge in [0.05, 0.1) is 34.8 Å². The van der Waals surface area contributed by atoms with Crippen LogP contribution in [0.1, 0.15) is 118 Å². The first-order valence-electron chi connectivity index (χ1n) is 33.1. The lowest BCUT2D eigenvalue weighted by Gasteiger charge is -2.43. The number of H-pyrrole nitrogens is 1. The Morgan fingerprint density at radius 1 is 0.747 bits per heavy atom. The Morgan fingerprint density at radius 3 is 1.91 bits per heavy atom. The second-order valence-corrected chi connectivity index (χ2v) is 27.9. The number of unbranched alkanes of at least 4 members (excludes halogenated alkanes) is 2. The van der Waals surface area contributed by atoms with Crippen LogP contribution < -0.4 is 15.4 Å². The zero-order valence-corrected chi connectivity index (χ0v) is 57.5. The minimum atomic E-state index is -3.44. The predicted octanol–water partition coefficient (Wildman–Crippen LogP) is 13.6. The van der Waals surface area contributed by atoms with E-state index in [9.17, 15) is 37.1 Å². The third kappa shape index (κ3) is 19.3. The zero-order valence-electron chi connectivity index (χ0n) is 56.7. The first kappa shape index (κ1) is 75.2. The zero-order chi connectivity index (χ0) is 71.3. The molecule has 530 valence electrons. The molecule has 0 bridgehead atoms. The maximum absolute atomic E-state index is 16.0. The molecule has 0 radical (unpaired) electrons. The molecule has 2 aliphatic heterocycles. The third-order valence-electron chi connectivity index (χ3n) is 17.4. The molecular formula is C76H87F7N6O9S. The summed E-state index contributed by atoms with van der Waals surface area (Å²) >= 11 is 1.54. The van der Waals surface area contributed by atoms with Crippen LogP contribution in [-0.2, 0) is 47.2 Å². The number of rotatable bonds is 29. The number of benzene rings is 6. The molecule has 6 aromatic carbocycles. The van der Waals surface area contributed by atoms with Gasteiger partial charge in [-0.3, -0.25) is 19.3 Å². The largest absolute Gasteiger partial charge is 0.493 e. The van der Waals surface area contributed by atoms with Crippen LogP contribution in [0, 0.1) is 24.0 Å². The molecule has 0 unspecified atom stereocenters. The van der Waals surface area contributed by atoms with Crippen molar-refractivity contribution < 1.29 is 74.3 Å². The second-order valence-electron chi connectivity index (χ2n) is 27.0. The number of nitrogens with zero attached hydrogens (tertiary/aromatic N) is 3. The first-order valence-corrected chi connectivity index (χ1v) is 34.0. The minimum Gasteiger partial charge on any atom is -0.493 e. The highest BCUT2D eigenvalue weighted by molar-refractivity contribution is 7.13. The number of aromatic nitrogens is 2. The van der Waals surface area contributed by atoms with Crippen molar-refractivity contribution in [2.24, 2.45) is 5.41 Å². The predicted molar refractivity (Wildman–Crippen MR) is 366 cm³/mol. The molecule has 10 rings (SSSR count). The number of β-amino-alcohol motifs (C(OH)–C–C–N with tert-alkyl or cyclic N) is 1. The normalized spacial score (nSPS) is 17.2. The maximum atomic E-state index is 16.0. The fraction of sp³-hybridized carbons (Fsp3) is 0.421. The van der Waals surface area contributed by atoms with Crippen molar-refractivity contribution >= 4 is 40.0 Å². The van der Waals surface area contributed by atoms with Crippen molar-refractivity contribution in [2.75, 3.05) is 59.3 Å². The Bertz CT molecular complexity index is 3830. The monoisotopic (exact) mass is 1390 g/mol. The lowest BCUT2D eigenvalue weighted by Crippen LogP contribution is -2.58. The molecule has 5 atom stereocenters. The van der Waals surface area contributed by atoms with Crippen LogP contribution in [0.4, 0.5) is 30.7 Å². The second kappa shape index (κ2) is 33.0. The summed E-state index contributed by atoms with van der Waals surface area (Å²) in [5, 5.41) is 25.9. The smallest absolute Gasteiger partial charge is 0.293 e. The summed E-state index contributed by atoms with van der Waals surface area (Å²) in [6.07, 6.45) is 0.933. The van der Waals surface area contributed by atoms with Crippen LogP contribution in [0.5, 0.6) is 5.75 Å². The van der Waals surface area contributed by atoms with Gasteiger partial charge in [0.15, 0.2) is 0 Å². The SMILES string of the molecule is Cc1ncsc1-c1ccc(CNC(=O)[C@@H]2C[C@@H](O)CN2C(=O)[C@@H](NC(=O)COCC(F)(F)COCCCCCOc2cc(F)c([C@@H]3c4[nH]c5ccccc5c4C[C@@H](C)N3CC(C)(C)F)c(F)c2)C(C)(C)C)cc1.OCC(F)(F)COC(c1ccccc1)(c1ccccc1)c1ccccc1. The quantitative estimate of drug-likeness (QED) is 0.0171. The van der Waals surface area contributed by atoms with E-state index >= 15 is 13.2 Å². The number of aliphatic hydroxyl groups excluding tert-OH is 2. The van der Waals surface area contributed by atoms with Gasteiger partial charge in [0, 0.05) is 73.0 Å². The average Bonchev–Trinajstić information content (AvgIpc) is 1.75. The van der Waals surface area contributed by atoms with Crippen molar-refractivity contribution in [1.82, 2.24) is 30.4 Å². The fourth-order valence-corrected chi connectivity index (χ4v) is 13.5. The standard InChI is InChI=1S/C54H67F5N6O7S.C22H20F2O2/c1-32-21-39-38-13-9-10-14-42(38)62-46(39)47(65(32)28-53(6,7)57)45-40(55)23-37(24-41(45)56)72-20-12-8-11-19-70-29-54(58,59)30-71-27-44(67)63-49(52(3,4)5)51(69)64-26-36(66)22-43(64)50(68)60-25-34-15-17-35(18-16-34)48-33(2)61-31-73-48;23-21(24,16-25)17-26-22(18-10-4-1-5-11-18,19-12-6-2-7-13-19)20-14-8-3-9-15-20/h9-10,13-18,23-24,31-32,36,43,47,49,62,66H,8,11-12,19-22,25-30H2,1-7H3,(H,60,68)(H,63,67);1-15,25H,16-17H2/t32-,36-,43+,47-,49-;/m1./s1. The number of amides is 3. The Morgan fingerprint density at radius 2 is 1.33 bits per heavy atom. The van der Waals surface area contributed by atoms with E-state index < -0.39 is 115 Å². The lowest BCUT2D eigenvalue weighted by molar-refractivity contribution is -0.147. The summed E-state index contributed by atoms with van der Waals surface area (Å²) in [6, 6.07) is 42.1. The summed E-state index contributed by atoms with van der Waals surface area (Å²) < 4.78 is 126. The summed E-state index contributed by atoms with van der Waals surface area (Å²) in [6.45, 7) is 6.91. The molecule has 8 aromatic rings. The number of ether oxygens (including phenoxy) is 4. The van der Waals surface area contributed by atoms with E-state index in [1.165, 1.54) is 30.1 Å². The molecular weight excluding hydrogens is 1310 g/mol. The lowest BCUT2D eigenvalue weighted by atomic mass is 9.80. The summed E-state index contributed by atoms with van der Waals surface area (Å²) in [5.41, 5.74) is 5.25. The Labute approximate surface area is 577 Å². The number of hydrogen-bond donors (Lipinski definition) is 5. The average molecular weight is 1390 g/mol. The molecule has 0 aliphatic carbocycles. The highest BCUT2D eigenvalue weighted by Gasteiger charge is 2.46. The summed E-state index contributed by atoms with van der Waals surface area (Å²) in [4.78, 5) is 52.1. The number of likely N-dealkylation sites (tertiary alicyclic amines) is 1. The van der Waals surface area contributed by atoms with Gasteiger partial charge < -0.3 is 49.7 Å². The topological polar surface area (TPSA) is 188 Å². The van der Waals surface area contributed by atoms with Gasteiger partial charge >= 0.3 is 0 Å². The van der Waals surface area contributed by atoms with E-state index in [0.717, 1.165) is 67.0 Å². The Hall–Kier alpha value is -8.03. The Balaban J connectivity index is 0.000000366. The van der Waals surface area contributed by atoms with Gasteiger partial charge in [0.1, 0.15) is 73.8 Å². The fourth-order valence-electron chi connectivity index (χ4n) is 12.6. The van der Waals surface area contributed by atoms with Crippen molar-refractivity contribution in [3.8, 4) is 16.2 Å². The molecule has 0 saturated carbocycles. The van der Waals surface area contributed by atoms with Crippen LogP contribution in [0.2, 0.25) is 0 Å². The maximum Gasteiger partial charge on any atom is 0.293 e. The van der Waals surface area contributed by atoms with Crippen molar-refractivity contribution in [2.45, 2.75) is 141 Å². The summed E-state index contributed by atoms with van der Waals surface area (Å²) in [5.74, 6) is -10.3. The number of aliphatic hydroxyl groups is 2. The first-order chi connectivity index (χ1) is 47.1. The van der Waals surface area contributed by atoms with Crippen molar-refractivity contribution in [3.63, 3.8) is 0 Å². The number of alkyl halides is 5. The molecule has 4 heterocycles. The highest BCUT2D eigenvalue weighted by atomic mass is 32.1. The third-order valence-corrected chi connectivity index (χ3v) is 18.4. The molecule has 0 spiro atoms. The molecule has 5 N–H and O–H groups in total. The van der Waals surface area contributed by atoms with Crippen molar-refractivity contribution in [3.05, 3.63) is 214 Å². The minimum absolute atomic E-state index is 0.00103. The molecule has 1 saturated heterocycles. The van der Waals surface area contributed by atoms with Gasteiger partial charge in [-0.05, 0) is 98.2 Å². The number of nitrogens with one attached hydrogen (secondary N) is 3. The molecule has 23 heteroatoms. The molecule has 3 amide bonds. The van der Waals surface area contributed by atoms with Crippen LogP contribution in [0.25, 0.3) is 21.3 Å². The number of carbonyl (C=O) groups excluding carboxylic acids is 3. The van der Waals surface area contributed by atoms with Gasteiger partial charge in [0.25, 0.3) is 11.8 Å².